The standard InChI is InChI=1S/C11H27NS/c1-6-8-10-12(11-9-7-2)13(3,4)5/h6-11H2,1-5H3. The van der Waals surface area contributed by atoms with E-state index in [1.165, 1.54) is 38.8 Å². The molecule has 0 aromatic rings. The van der Waals surface area contributed by atoms with E-state index in [2.05, 4.69) is 36.9 Å². The number of unbranched alkanes of at least 4 members (excludes halogenated alkanes) is 2. The van der Waals surface area contributed by atoms with Gasteiger partial charge < -0.3 is 0 Å². The van der Waals surface area contributed by atoms with Crippen molar-refractivity contribution in [3.05, 3.63) is 0 Å². The molecular formula is C11H27NS. The van der Waals surface area contributed by atoms with Crippen LogP contribution in [0.1, 0.15) is 39.5 Å². The van der Waals surface area contributed by atoms with Gasteiger partial charge in [0.1, 0.15) is 0 Å². The molecule has 0 radical (unpaired) electrons. The first kappa shape index (κ1) is 13.3. The van der Waals surface area contributed by atoms with Gasteiger partial charge in [-0.2, -0.15) is 10.2 Å². The average molecular weight is 205 g/mol. The lowest BCUT2D eigenvalue weighted by Gasteiger charge is -2.40. The highest BCUT2D eigenvalue weighted by Crippen LogP contribution is 2.39. The quantitative estimate of drug-likeness (QED) is 0.615. The van der Waals surface area contributed by atoms with Crippen LogP contribution in [0.15, 0.2) is 0 Å². The Kier molecular flexibility index (Phi) is 6.88. The van der Waals surface area contributed by atoms with Gasteiger partial charge in [-0.15, -0.1) is 0 Å². The van der Waals surface area contributed by atoms with E-state index in [9.17, 15) is 0 Å². The molecule has 0 unspecified atom stereocenters. The lowest BCUT2D eigenvalue weighted by Crippen LogP contribution is -2.28. The van der Waals surface area contributed by atoms with Crippen molar-refractivity contribution < 1.29 is 0 Å². The maximum atomic E-state index is 2.69. The van der Waals surface area contributed by atoms with Gasteiger partial charge in [-0.1, -0.05) is 26.7 Å². The highest BCUT2D eigenvalue weighted by atomic mass is 32.3. The summed E-state index contributed by atoms with van der Waals surface area (Å²) in [6.45, 7) is 7.15. The zero-order chi connectivity index (χ0) is 10.3. The van der Waals surface area contributed by atoms with E-state index in [4.69, 9.17) is 0 Å². The van der Waals surface area contributed by atoms with Crippen LogP contribution >= 0.6 is 10.2 Å². The van der Waals surface area contributed by atoms with Gasteiger partial charge in [0.2, 0.25) is 0 Å². The Morgan fingerprint density at radius 3 is 1.46 bits per heavy atom. The highest BCUT2D eigenvalue weighted by Gasteiger charge is 2.14. The van der Waals surface area contributed by atoms with E-state index in [0.29, 0.717) is 0 Å². The van der Waals surface area contributed by atoms with E-state index in [1.54, 1.807) is 0 Å². The summed E-state index contributed by atoms with van der Waals surface area (Å²) in [5, 5.41) is 0. The van der Waals surface area contributed by atoms with Crippen LogP contribution < -0.4 is 0 Å². The molecule has 0 bridgehead atoms. The van der Waals surface area contributed by atoms with Crippen molar-refractivity contribution in [1.82, 2.24) is 4.31 Å². The monoisotopic (exact) mass is 205 g/mol. The number of rotatable bonds is 7. The van der Waals surface area contributed by atoms with Gasteiger partial charge in [-0.3, -0.25) is 4.31 Å². The van der Waals surface area contributed by atoms with E-state index in [1.807, 2.05) is 0 Å². The van der Waals surface area contributed by atoms with Crippen LogP contribution in [-0.2, 0) is 0 Å². The molecule has 1 nitrogen and oxygen atoms in total. The molecule has 0 saturated heterocycles. The molecule has 0 rings (SSSR count). The normalized spacial score (nSPS) is 13.7. The molecule has 82 valence electrons. The van der Waals surface area contributed by atoms with Crippen molar-refractivity contribution in [2.24, 2.45) is 0 Å². The minimum Gasteiger partial charge on any atom is -0.268 e. The fourth-order valence-corrected chi connectivity index (χ4v) is 2.68. The van der Waals surface area contributed by atoms with Crippen LogP contribution in [-0.4, -0.2) is 36.2 Å². The van der Waals surface area contributed by atoms with Crippen LogP contribution in [0.2, 0.25) is 0 Å². The third kappa shape index (κ3) is 6.39. The second kappa shape index (κ2) is 6.72. The molecular weight excluding hydrogens is 178 g/mol. The highest BCUT2D eigenvalue weighted by molar-refractivity contribution is 8.30. The fraction of sp³-hybridized carbons (Fsp3) is 1.00. The molecule has 0 spiro atoms. The largest absolute Gasteiger partial charge is 0.268 e. The fourth-order valence-electron chi connectivity index (χ4n) is 1.33. The molecule has 0 aliphatic heterocycles. The van der Waals surface area contributed by atoms with Gasteiger partial charge in [-0.05, 0) is 31.6 Å². The second-order valence-corrected chi connectivity index (χ2v) is 8.47. The number of hydrogen-bond acceptors (Lipinski definition) is 1. The summed E-state index contributed by atoms with van der Waals surface area (Å²) in [4.78, 5) is 0. The van der Waals surface area contributed by atoms with Crippen molar-refractivity contribution in [3.8, 4) is 0 Å². The molecule has 0 heterocycles. The first-order valence-electron chi connectivity index (χ1n) is 5.45. The molecule has 2 heteroatoms. The van der Waals surface area contributed by atoms with E-state index < -0.39 is 10.2 Å². The first-order valence-corrected chi connectivity index (χ1v) is 8.27. The van der Waals surface area contributed by atoms with Crippen molar-refractivity contribution in [1.29, 1.82) is 0 Å². The van der Waals surface area contributed by atoms with E-state index in [0.717, 1.165) is 0 Å². The van der Waals surface area contributed by atoms with Crippen molar-refractivity contribution in [3.63, 3.8) is 0 Å². The van der Waals surface area contributed by atoms with Crippen molar-refractivity contribution in [2.45, 2.75) is 39.5 Å². The molecule has 0 N–H and O–H groups in total. The summed E-state index contributed by atoms with van der Waals surface area (Å²) in [7, 11) is -0.476. The summed E-state index contributed by atoms with van der Waals surface area (Å²) in [6.07, 6.45) is 12.5. The smallest absolute Gasteiger partial charge is 0.00737 e. The van der Waals surface area contributed by atoms with Gasteiger partial charge in [-0.25, -0.2) is 0 Å². The summed E-state index contributed by atoms with van der Waals surface area (Å²) in [5.41, 5.74) is 0. The van der Waals surface area contributed by atoms with E-state index in [-0.39, 0.29) is 0 Å². The van der Waals surface area contributed by atoms with Crippen LogP contribution in [0.3, 0.4) is 0 Å². The second-order valence-electron chi connectivity index (χ2n) is 4.41. The van der Waals surface area contributed by atoms with Crippen LogP contribution in [0.5, 0.6) is 0 Å². The number of nitrogens with zero attached hydrogens (tertiary/aromatic N) is 1. The third-order valence-corrected chi connectivity index (χ3v) is 4.21. The zero-order valence-corrected chi connectivity index (χ0v) is 10.9. The predicted octanol–water partition coefficient (Wildman–Crippen LogP) is 3.50. The van der Waals surface area contributed by atoms with Gasteiger partial charge in [0, 0.05) is 13.1 Å². The average Bonchev–Trinajstić information content (AvgIpc) is 2.02. The van der Waals surface area contributed by atoms with Gasteiger partial charge >= 0.3 is 0 Å². The summed E-state index contributed by atoms with van der Waals surface area (Å²) < 4.78 is 2.69. The minimum absolute atomic E-state index is 0.476. The Morgan fingerprint density at radius 1 is 0.846 bits per heavy atom. The predicted molar refractivity (Wildman–Crippen MR) is 66.8 cm³/mol. The minimum atomic E-state index is -0.476. The lowest BCUT2D eigenvalue weighted by molar-refractivity contribution is 0.436. The van der Waals surface area contributed by atoms with E-state index >= 15 is 0 Å². The molecule has 0 aliphatic rings. The topological polar surface area (TPSA) is 3.24 Å². The Balaban J connectivity index is 3.88. The van der Waals surface area contributed by atoms with Gasteiger partial charge in [0.25, 0.3) is 0 Å². The third-order valence-electron chi connectivity index (χ3n) is 2.30. The van der Waals surface area contributed by atoms with Crippen molar-refractivity contribution >= 4 is 10.2 Å². The Bertz CT molecular complexity index is 110. The number of hydrogen-bond donors (Lipinski definition) is 0. The Labute approximate surface area is 86.3 Å². The van der Waals surface area contributed by atoms with Crippen molar-refractivity contribution in [2.75, 3.05) is 31.9 Å². The Hall–Kier alpha value is 0.310. The van der Waals surface area contributed by atoms with Crippen LogP contribution in [0, 0.1) is 0 Å². The lowest BCUT2D eigenvalue weighted by atomic mass is 10.3. The van der Waals surface area contributed by atoms with Crippen LogP contribution in [0.25, 0.3) is 0 Å². The molecule has 0 aliphatic carbocycles. The summed E-state index contributed by atoms with van der Waals surface area (Å²) >= 11 is 0. The van der Waals surface area contributed by atoms with Gasteiger partial charge in [0.05, 0.1) is 0 Å². The maximum Gasteiger partial charge on any atom is 0.00737 e. The molecule has 0 fully saturated rings. The molecule has 13 heavy (non-hydrogen) atoms. The summed E-state index contributed by atoms with van der Waals surface area (Å²) in [6, 6.07) is 0. The molecule has 0 amide bonds. The SMILES string of the molecule is CCCCN(CCCC)S(C)(C)C. The molecule has 0 aromatic carbocycles. The first-order chi connectivity index (χ1) is 6.02. The van der Waals surface area contributed by atoms with Gasteiger partial charge in [0.15, 0.2) is 0 Å². The maximum absolute atomic E-state index is 2.69. The molecule has 0 atom stereocenters. The Morgan fingerprint density at radius 2 is 1.23 bits per heavy atom. The zero-order valence-electron chi connectivity index (χ0n) is 10.1. The molecule has 0 aromatic heterocycles. The molecule has 0 saturated carbocycles. The summed E-state index contributed by atoms with van der Waals surface area (Å²) in [5.74, 6) is 0. The van der Waals surface area contributed by atoms with Crippen LogP contribution in [0.4, 0.5) is 0 Å².